The number of hydrogen-bond donors (Lipinski definition) is 1. The molecule has 0 aliphatic heterocycles. The first-order chi connectivity index (χ1) is 11.1. The van der Waals surface area contributed by atoms with Crippen LogP contribution in [0.1, 0.15) is 11.7 Å². The van der Waals surface area contributed by atoms with Crippen LogP contribution in [-0.2, 0) is 16.6 Å². The fraction of sp³-hybridized carbons (Fsp3) is 0.118. The Morgan fingerprint density at radius 1 is 1.00 bits per heavy atom. The third-order valence-electron chi connectivity index (χ3n) is 3.36. The summed E-state index contributed by atoms with van der Waals surface area (Å²) in [5.41, 5.74) is 1.66. The molecule has 118 valence electrons. The first-order valence-corrected chi connectivity index (χ1v) is 8.61. The van der Waals surface area contributed by atoms with E-state index in [2.05, 4.69) is 9.71 Å². The molecule has 0 aliphatic carbocycles. The molecule has 0 unspecified atom stereocenters. The van der Waals surface area contributed by atoms with Crippen molar-refractivity contribution in [3.05, 3.63) is 72.3 Å². The Morgan fingerprint density at radius 2 is 1.61 bits per heavy atom. The van der Waals surface area contributed by atoms with Crippen LogP contribution in [0, 0.1) is 6.92 Å². The Labute approximate surface area is 135 Å². The normalized spacial score (nSPS) is 11.5. The molecule has 0 spiro atoms. The van der Waals surface area contributed by atoms with Crippen molar-refractivity contribution in [1.29, 1.82) is 0 Å². The topological polar surface area (TPSA) is 72.2 Å². The summed E-state index contributed by atoms with van der Waals surface area (Å²) < 4.78 is 32.4. The zero-order valence-electron chi connectivity index (χ0n) is 12.6. The summed E-state index contributed by atoms with van der Waals surface area (Å²) in [6.07, 6.45) is 0. The van der Waals surface area contributed by atoms with Gasteiger partial charge in [0.1, 0.15) is 11.5 Å². The van der Waals surface area contributed by atoms with Crippen molar-refractivity contribution < 1.29 is 12.8 Å². The third-order valence-corrected chi connectivity index (χ3v) is 4.77. The SMILES string of the molecule is Cc1oc(CNS(=O)(=O)c2ccccc2)nc1-c1ccccc1. The predicted octanol–water partition coefficient (Wildman–Crippen LogP) is 3.13. The molecule has 0 fully saturated rings. The van der Waals surface area contributed by atoms with Gasteiger partial charge in [0.25, 0.3) is 0 Å². The Kier molecular flexibility index (Phi) is 4.27. The van der Waals surface area contributed by atoms with E-state index in [1.165, 1.54) is 0 Å². The van der Waals surface area contributed by atoms with Gasteiger partial charge in [-0.25, -0.2) is 18.1 Å². The Morgan fingerprint density at radius 3 is 2.26 bits per heavy atom. The van der Waals surface area contributed by atoms with Crippen LogP contribution in [-0.4, -0.2) is 13.4 Å². The Hall–Kier alpha value is -2.44. The van der Waals surface area contributed by atoms with E-state index in [0.717, 1.165) is 11.3 Å². The molecule has 1 aromatic heterocycles. The van der Waals surface area contributed by atoms with Crippen molar-refractivity contribution >= 4 is 10.0 Å². The van der Waals surface area contributed by atoms with E-state index < -0.39 is 10.0 Å². The number of benzene rings is 2. The number of aromatic nitrogens is 1. The highest BCUT2D eigenvalue weighted by Crippen LogP contribution is 2.23. The van der Waals surface area contributed by atoms with Crippen LogP contribution in [0.5, 0.6) is 0 Å². The second kappa shape index (κ2) is 6.36. The quantitative estimate of drug-likeness (QED) is 0.781. The second-order valence-electron chi connectivity index (χ2n) is 5.02. The van der Waals surface area contributed by atoms with Crippen LogP contribution in [0.4, 0.5) is 0 Å². The van der Waals surface area contributed by atoms with Gasteiger partial charge in [-0.3, -0.25) is 0 Å². The number of aryl methyl sites for hydroxylation is 1. The highest BCUT2D eigenvalue weighted by atomic mass is 32.2. The largest absolute Gasteiger partial charge is 0.444 e. The lowest BCUT2D eigenvalue weighted by Crippen LogP contribution is -2.23. The molecule has 2 aromatic carbocycles. The number of sulfonamides is 1. The van der Waals surface area contributed by atoms with Gasteiger partial charge in [-0.1, -0.05) is 48.5 Å². The lowest BCUT2D eigenvalue weighted by atomic mass is 10.1. The summed E-state index contributed by atoms with van der Waals surface area (Å²) in [5, 5.41) is 0. The number of nitrogens with one attached hydrogen (secondary N) is 1. The van der Waals surface area contributed by atoms with Gasteiger partial charge in [-0.2, -0.15) is 0 Å². The van der Waals surface area contributed by atoms with Gasteiger partial charge in [0.05, 0.1) is 11.4 Å². The zero-order valence-corrected chi connectivity index (χ0v) is 13.4. The molecular formula is C17H16N2O3S. The summed E-state index contributed by atoms with van der Waals surface area (Å²) in [4.78, 5) is 4.60. The molecule has 23 heavy (non-hydrogen) atoms. The first kappa shape index (κ1) is 15.5. The van der Waals surface area contributed by atoms with Gasteiger partial charge in [0.2, 0.25) is 15.9 Å². The zero-order chi connectivity index (χ0) is 16.3. The van der Waals surface area contributed by atoms with Crippen LogP contribution in [0.2, 0.25) is 0 Å². The lowest BCUT2D eigenvalue weighted by molar-refractivity contribution is 0.463. The average molecular weight is 328 g/mol. The molecule has 0 saturated carbocycles. The van der Waals surface area contributed by atoms with Crippen molar-refractivity contribution in [1.82, 2.24) is 9.71 Å². The molecule has 3 rings (SSSR count). The molecule has 1 N–H and O–H groups in total. The molecule has 3 aromatic rings. The van der Waals surface area contributed by atoms with Crippen molar-refractivity contribution in [3.8, 4) is 11.3 Å². The van der Waals surface area contributed by atoms with Gasteiger partial charge >= 0.3 is 0 Å². The van der Waals surface area contributed by atoms with Crippen LogP contribution >= 0.6 is 0 Å². The van der Waals surface area contributed by atoms with E-state index in [9.17, 15) is 8.42 Å². The van der Waals surface area contributed by atoms with Crippen LogP contribution < -0.4 is 4.72 Å². The molecule has 5 nitrogen and oxygen atoms in total. The molecule has 1 heterocycles. The Balaban J connectivity index is 1.77. The molecule has 0 atom stereocenters. The van der Waals surface area contributed by atoms with Crippen molar-refractivity contribution in [2.45, 2.75) is 18.4 Å². The monoisotopic (exact) mass is 328 g/mol. The minimum Gasteiger partial charge on any atom is -0.444 e. The van der Waals surface area contributed by atoms with E-state index in [4.69, 9.17) is 4.42 Å². The van der Waals surface area contributed by atoms with E-state index in [0.29, 0.717) is 11.7 Å². The summed E-state index contributed by atoms with van der Waals surface area (Å²) >= 11 is 0. The molecule has 0 aliphatic rings. The maximum Gasteiger partial charge on any atom is 0.241 e. The molecule has 0 bridgehead atoms. The van der Waals surface area contributed by atoms with E-state index in [1.807, 2.05) is 37.3 Å². The molecule has 6 heteroatoms. The maximum absolute atomic E-state index is 12.2. The van der Waals surface area contributed by atoms with E-state index >= 15 is 0 Å². The van der Waals surface area contributed by atoms with Crippen molar-refractivity contribution in [3.63, 3.8) is 0 Å². The van der Waals surface area contributed by atoms with E-state index in [-0.39, 0.29) is 11.4 Å². The number of nitrogens with zero attached hydrogens (tertiary/aromatic N) is 1. The lowest BCUT2D eigenvalue weighted by Gasteiger charge is -2.04. The molecule has 0 amide bonds. The van der Waals surface area contributed by atoms with Gasteiger partial charge in [-0.15, -0.1) is 0 Å². The maximum atomic E-state index is 12.2. The predicted molar refractivity (Wildman–Crippen MR) is 87.1 cm³/mol. The average Bonchev–Trinajstić information content (AvgIpc) is 2.96. The fourth-order valence-electron chi connectivity index (χ4n) is 2.23. The third kappa shape index (κ3) is 3.49. The van der Waals surface area contributed by atoms with Crippen molar-refractivity contribution in [2.75, 3.05) is 0 Å². The molecular weight excluding hydrogens is 312 g/mol. The van der Waals surface area contributed by atoms with Gasteiger partial charge in [0, 0.05) is 5.56 Å². The molecule has 0 radical (unpaired) electrons. The smallest absolute Gasteiger partial charge is 0.241 e. The van der Waals surface area contributed by atoms with Crippen LogP contribution in [0.15, 0.2) is 70.0 Å². The van der Waals surface area contributed by atoms with E-state index in [1.54, 1.807) is 30.3 Å². The van der Waals surface area contributed by atoms with Crippen LogP contribution in [0.25, 0.3) is 11.3 Å². The van der Waals surface area contributed by atoms with Crippen LogP contribution in [0.3, 0.4) is 0 Å². The standard InChI is InChI=1S/C17H16N2O3S/c1-13-17(14-8-4-2-5-9-14)19-16(22-13)12-18-23(20,21)15-10-6-3-7-11-15/h2-11,18H,12H2,1H3. The van der Waals surface area contributed by atoms with Gasteiger partial charge < -0.3 is 4.42 Å². The summed E-state index contributed by atoms with van der Waals surface area (Å²) in [6, 6.07) is 17.8. The number of rotatable bonds is 5. The summed E-state index contributed by atoms with van der Waals surface area (Å²) in [5.74, 6) is 0.992. The molecule has 0 saturated heterocycles. The highest BCUT2D eigenvalue weighted by Gasteiger charge is 2.16. The minimum atomic E-state index is -3.58. The number of oxazole rings is 1. The minimum absolute atomic E-state index is 0.00486. The first-order valence-electron chi connectivity index (χ1n) is 7.13. The van der Waals surface area contributed by atoms with Crippen molar-refractivity contribution in [2.24, 2.45) is 0 Å². The Bertz CT molecular complexity index is 888. The summed E-state index contributed by atoms with van der Waals surface area (Å²) in [6.45, 7) is 1.81. The highest BCUT2D eigenvalue weighted by molar-refractivity contribution is 7.89. The second-order valence-corrected chi connectivity index (χ2v) is 6.78. The fourth-order valence-corrected chi connectivity index (χ4v) is 3.23. The van der Waals surface area contributed by atoms with Gasteiger partial charge in [-0.05, 0) is 19.1 Å². The number of hydrogen-bond acceptors (Lipinski definition) is 4. The summed E-state index contributed by atoms with van der Waals surface area (Å²) in [7, 11) is -3.58. The van der Waals surface area contributed by atoms with Gasteiger partial charge in [0.15, 0.2) is 0 Å².